The van der Waals surface area contributed by atoms with Gasteiger partial charge in [-0.3, -0.25) is 0 Å². The van der Waals surface area contributed by atoms with Gasteiger partial charge >= 0.3 is 0 Å². The van der Waals surface area contributed by atoms with E-state index in [1.54, 1.807) is 0 Å². The maximum Gasteiger partial charge on any atom is 0.104 e. The van der Waals surface area contributed by atoms with Crippen LogP contribution in [0.4, 0.5) is 0 Å². The SMILES string of the molecule is BBBBBBBBBBC=CCCCC. The molecule has 0 fully saturated rings. The molecule has 0 radical (unpaired) electrons. The number of rotatable bonds is 12. The summed E-state index contributed by atoms with van der Waals surface area (Å²) in [4.78, 5) is 0. The lowest BCUT2D eigenvalue weighted by Crippen LogP contribution is -2.31. The Morgan fingerprint density at radius 3 is 2.19 bits per heavy atom. The maximum absolute atomic E-state index is 2.38. The molecular formula is C6H22B10. The van der Waals surface area contributed by atoms with Crippen molar-refractivity contribution in [3.63, 3.8) is 0 Å². The van der Waals surface area contributed by atoms with Gasteiger partial charge < -0.3 is 0 Å². The molecule has 0 bridgehead atoms. The van der Waals surface area contributed by atoms with Crippen LogP contribution in [0.5, 0.6) is 0 Å². The van der Waals surface area contributed by atoms with Crippen molar-refractivity contribution < 1.29 is 0 Å². The Morgan fingerprint density at radius 1 is 0.938 bits per heavy atom. The van der Waals surface area contributed by atoms with Crippen LogP contribution in [-0.2, 0) is 0 Å². The molecule has 0 aliphatic heterocycles. The average Bonchev–Trinajstić information content (AvgIpc) is 2.31. The molecule has 16 heavy (non-hydrogen) atoms. The predicted octanol–water partition coefficient (Wildman–Crippen LogP) is -4.51. The van der Waals surface area contributed by atoms with Crippen molar-refractivity contribution in [3.05, 3.63) is 12.1 Å². The molecule has 0 nitrogen and oxygen atoms in total. The van der Waals surface area contributed by atoms with Crippen LogP contribution in [-0.4, -0.2) is 71.4 Å². The molecule has 0 saturated heterocycles. The molecule has 0 spiro atoms. The van der Waals surface area contributed by atoms with Crippen molar-refractivity contribution >= 4 is 71.4 Å². The minimum absolute atomic E-state index is 1.29. The smallest absolute Gasteiger partial charge is 0.104 e. The van der Waals surface area contributed by atoms with Gasteiger partial charge in [0.1, 0.15) is 7.17 Å². The molecule has 0 aliphatic carbocycles. The second kappa shape index (κ2) is 15.4. The molecule has 0 rings (SSSR count). The van der Waals surface area contributed by atoms with E-state index in [9.17, 15) is 0 Å². The highest BCUT2D eigenvalue weighted by Gasteiger charge is 1.99. The molecule has 0 aromatic carbocycles. The zero-order chi connectivity index (χ0) is 11.9. The fraction of sp³-hybridized carbons (Fsp3) is 0.667. The minimum Gasteiger partial charge on any atom is -0.133 e. The Kier molecular flexibility index (Phi) is 15.8. The highest BCUT2D eigenvalue weighted by atomic mass is 13.8. The van der Waals surface area contributed by atoms with Gasteiger partial charge in [-0.15, -0.1) is 5.98 Å². The van der Waals surface area contributed by atoms with Crippen LogP contribution in [0.15, 0.2) is 12.1 Å². The lowest BCUT2D eigenvalue weighted by Gasteiger charge is -1.91. The van der Waals surface area contributed by atoms with Crippen molar-refractivity contribution in [3.8, 4) is 0 Å². The van der Waals surface area contributed by atoms with Crippen LogP contribution in [0.2, 0.25) is 0 Å². The molecule has 0 heterocycles. The second-order valence-electron chi connectivity index (χ2n) is 4.88. The van der Waals surface area contributed by atoms with E-state index in [-0.39, 0.29) is 0 Å². The Labute approximate surface area is 110 Å². The van der Waals surface area contributed by atoms with Crippen molar-refractivity contribution in [2.75, 3.05) is 0 Å². The fourth-order valence-corrected chi connectivity index (χ4v) is 1.95. The zero-order valence-corrected chi connectivity index (χ0v) is 11.6. The first kappa shape index (κ1) is 16.4. The van der Waals surface area contributed by atoms with Gasteiger partial charge in [0.05, 0.1) is 14.8 Å². The van der Waals surface area contributed by atoms with Crippen LogP contribution in [0, 0.1) is 0 Å². The molecule has 0 aliphatic rings. The van der Waals surface area contributed by atoms with Crippen LogP contribution in [0.1, 0.15) is 26.2 Å². The Balaban J connectivity index is 2.95. The molecule has 76 valence electrons. The normalized spacial score (nSPS) is 9.06. The quantitative estimate of drug-likeness (QED) is 0.221. The van der Waals surface area contributed by atoms with Gasteiger partial charge in [-0.1, -0.05) is 25.8 Å². The third-order valence-corrected chi connectivity index (χ3v) is 3.12. The standard InChI is InChI=1S/C6H22B10/c1-2-3-4-5-6-8-10-12-14-16-15-13-11-9-7/h5-6,8-16H,2-4,7H2,1H3. The van der Waals surface area contributed by atoms with Crippen molar-refractivity contribution in [1.29, 1.82) is 0 Å². The van der Waals surface area contributed by atoms with Gasteiger partial charge in [0.25, 0.3) is 0 Å². The molecule has 0 N–H and O–H groups in total. The van der Waals surface area contributed by atoms with E-state index in [0.29, 0.717) is 0 Å². The zero-order valence-electron chi connectivity index (χ0n) is 11.6. The van der Waals surface area contributed by atoms with Gasteiger partial charge in [-0.2, -0.15) is 0 Å². The average molecular weight is 202 g/mol. The summed E-state index contributed by atoms with van der Waals surface area (Å²) in [5.74, 6) is 2.38. The molecule has 0 amide bonds. The fourth-order valence-electron chi connectivity index (χ4n) is 1.95. The topological polar surface area (TPSA) is 0 Å². The van der Waals surface area contributed by atoms with E-state index < -0.39 is 0 Å². The van der Waals surface area contributed by atoms with E-state index in [2.05, 4.69) is 26.7 Å². The van der Waals surface area contributed by atoms with Gasteiger partial charge in [0, 0.05) is 49.4 Å². The number of unbranched alkanes of at least 4 members (excludes halogenated alkanes) is 2. The summed E-state index contributed by atoms with van der Waals surface area (Å²) in [7, 11) is 15.0. The first-order valence-corrected chi connectivity index (χ1v) is 7.56. The summed E-state index contributed by atoms with van der Waals surface area (Å²) in [5, 5.41) is 0. The monoisotopic (exact) mass is 204 g/mol. The van der Waals surface area contributed by atoms with E-state index in [1.807, 2.05) is 0 Å². The van der Waals surface area contributed by atoms with E-state index in [1.165, 1.54) is 82.9 Å². The maximum atomic E-state index is 2.38. The lowest BCUT2D eigenvalue weighted by atomic mass is 8.89. The molecular weight excluding hydrogens is 180 g/mol. The third kappa shape index (κ3) is 14.4. The molecule has 0 aromatic heterocycles. The van der Waals surface area contributed by atoms with Crippen molar-refractivity contribution in [2.24, 2.45) is 0 Å². The first-order chi connectivity index (χ1) is 7.91. The van der Waals surface area contributed by atoms with Crippen LogP contribution in [0.3, 0.4) is 0 Å². The van der Waals surface area contributed by atoms with E-state index >= 15 is 0 Å². The van der Waals surface area contributed by atoms with Crippen molar-refractivity contribution in [1.82, 2.24) is 0 Å². The predicted molar refractivity (Wildman–Crippen MR) is 102 cm³/mol. The Hall–Kier alpha value is 0.389. The second-order valence-corrected chi connectivity index (χ2v) is 4.88. The lowest BCUT2D eigenvalue weighted by molar-refractivity contribution is 0.815. The summed E-state index contributed by atoms with van der Waals surface area (Å²) in [5.41, 5.74) is 0. The summed E-state index contributed by atoms with van der Waals surface area (Å²) in [6, 6.07) is 0. The van der Waals surface area contributed by atoms with Crippen LogP contribution < -0.4 is 0 Å². The van der Waals surface area contributed by atoms with Gasteiger partial charge in [-0.05, 0) is 6.42 Å². The summed E-state index contributed by atoms with van der Waals surface area (Å²) < 4.78 is 0. The third-order valence-electron chi connectivity index (χ3n) is 3.12. The van der Waals surface area contributed by atoms with Crippen molar-refractivity contribution in [2.45, 2.75) is 26.2 Å². The summed E-state index contributed by atoms with van der Waals surface area (Å²) in [6.07, 6.45) is 6.33. The number of hydrogen-bond donors (Lipinski definition) is 0. The highest BCUT2D eigenvalue weighted by Crippen LogP contribution is 1.93. The molecule has 10 heteroatoms. The van der Waals surface area contributed by atoms with Gasteiger partial charge in [0.15, 0.2) is 0 Å². The minimum atomic E-state index is 1.29. The molecule has 0 atom stereocenters. The van der Waals surface area contributed by atoms with Gasteiger partial charge in [-0.25, -0.2) is 0 Å². The Morgan fingerprint density at radius 2 is 1.56 bits per heavy atom. The summed E-state index contributed by atoms with van der Waals surface area (Å²) in [6.45, 7) is 2.26. The largest absolute Gasteiger partial charge is 0.133 e. The summed E-state index contributed by atoms with van der Waals surface area (Å²) >= 11 is 0. The van der Waals surface area contributed by atoms with Crippen LogP contribution >= 0.6 is 0 Å². The van der Waals surface area contributed by atoms with E-state index in [0.717, 1.165) is 0 Å². The number of allylic oxidation sites excluding steroid dienone is 1. The van der Waals surface area contributed by atoms with E-state index in [4.69, 9.17) is 0 Å². The molecule has 0 aromatic rings. The first-order valence-electron chi connectivity index (χ1n) is 7.56. The molecule has 0 saturated carbocycles. The number of hydrogen-bond acceptors (Lipinski definition) is 0. The highest BCUT2D eigenvalue weighted by molar-refractivity contribution is 7.68. The van der Waals surface area contributed by atoms with Crippen LogP contribution in [0.25, 0.3) is 0 Å². The van der Waals surface area contributed by atoms with Gasteiger partial charge in [0.2, 0.25) is 0 Å². The Bertz CT molecular complexity index is 150. The molecule has 0 unspecified atom stereocenters.